The number of nitrogens with zero attached hydrogens (tertiary/aromatic N) is 1. The van der Waals surface area contributed by atoms with Crippen LogP contribution in [0.2, 0.25) is 5.02 Å². The number of benzene rings is 2. The fraction of sp³-hybridized carbons (Fsp3) is 0.235. The summed E-state index contributed by atoms with van der Waals surface area (Å²) in [7, 11) is 4.83. The summed E-state index contributed by atoms with van der Waals surface area (Å²) >= 11 is 5.96. The van der Waals surface area contributed by atoms with Crippen molar-refractivity contribution in [1.82, 2.24) is 4.90 Å². The molecule has 1 N–H and O–H groups in total. The summed E-state index contributed by atoms with van der Waals surface area (Å²) in [4.78, 5) is 13.9. The van der Waals surface area contributed by atoms with Gasteiger partial charge in [-0.05, 0) is 29.8 Å². The van der Waals surface area contributed by atoms with Crippen molar-refractivity contribution in [3.05, 3.63) is 53.1 Å². The Hall–Kier alpha value is -2.40. The molecule has 0 saturated carbocycles. The molecule has 0 radical (unpaired) electrons. The monoisotopic (exact) mass is 334 g/mol. The third-order valence-corrected chi connectivity index (χ3v) is 3.54. The Balaban J connectivity index is 2.09. The highest BCUT2D eigenvalue weighted by molar-refractivity contribution is 6.30. The van der Waals surface area contributed by atoms with Crippen LogP contribution in [0.15, 0.2) is 42.5 Å². The first-order valence-corrected chi connectivity index (χ1v) is 7.40. The molecule has 2 aromatic rings. The quantitative estimate of drug-likeness (QED) is 0.898. The average molecular weight is 335 g/mol. The molecule has 2 amide bonds. The van der Waals surface area contributed by atoms with Crippen LogP contribution in [0.5, 0.6) is 11.5 Å². The normalized spacial score (nSPS) is 10.1. The number of ether oxygens (including phenoxy) is 2. The Morgan fingerprint density at radius 2 is 1.96 bits per heavy atom. The van der Waals surface area contributed by atoms with Crippen molar-refractivity contribution in [3.63, 3.8) is 0 Å². The van der Waals surface area contributed by atoms with Gasteiger partial charge in [0.15, 0.2) is 0 Å². The van der Waals surface area contributed by atoms with E-state index in [4.69, 9.17) is 21.1 Å². The minimum Gasteiger partial charge on any atom is -0.497 e. The molecule has 23 heavy (non-hydrogen) atoms. The molecule has 0 aliphatic heterocycles. The lowest BCUT2D eigenvalue weighted by atomic mass is 10.2. The van der Waals surface area contributed by atoms with E-state index < -0.39 is 0 Å². The highest BCUT2D eigenvalue weighted by atomic mass is 35.5. The number of hydrogen-bond acceptors (Lipinski definition) is 3. The first-order valence-electron chi connectivity index (χ1n) is 7.02. The SMILES string of the molecule is COc1ccc(OC)c(NC(=O)N(C)Cc2cccc(Cl)c2)c1. The highest BCUT2D eigenvalue weighted by Gasteiger charge is 2.13. The Kier molecular flexibility index (Phi) is 5.71. The van der Waals surface area contributed by atoms with Crippen LogP contribution in [-0.2, 0) is 6.54 Å². The zero-order chi connectivity index (χ0) is 16.8. The van der Waals surface area contributed by atoms with E-state index in [1.54, 1.807) is 50.4 Å². The maximum Gasteiger partial charge on any atom is 0.321 e. The van der Waals surface area contributed by atoms with Crippen LogP contribution in [0.1, 0.15) is 5.56 Å². The van der Waals surface area contributed by atoms with Crippen LogP contribution in [0.3, 0.4) is 0 Å². The van der Waals surface area contributed by atoms with E-state index in [9.17, 15) is 4.79 Å². The summed E-state index contributed by atoms with van der Waals surface area (Å²) < 4.78 is 10.4. The van der Waals surface area contributed by atoms with E-state index in [1.165, 1.54) is 0 Å². The predicted octanol–water partition coefficient (Wildman–Crippen LogP) is 4.02. The molecule has 122 valence electrons. The fourth-order valence-electron chi connectivity index (χ4n) is 2.10. The Bertz CT molecular complexity index is 691. The third-order valence-electron chi connectivity index (χ3n) is 3.30. The van der Waals surface area contributed by atoms with Crippen LogP contribution < -0.4 is 14.8 Å². The number of halogens is 1. The molecule has 0 aliphatic rings. The van der Waals surface area contributed by atoms with Gasteiger partial charge >= 0.3 is 6.03 Å². The number of methoxy groups -OCH3 is 2. The fourth-order valence-corrected chi connectivity index (χ4v) is 2.32. The van der Waals surface area contributed by atoms with Gasteiger partial charge in [0.1, 0.15) is 11.5 Å². The molecule has 2 rings (SSSR count). The molecule has 0 fully saturated rings. The number of nitrogens with one attached hydrogen (secondary N) is 1. The van der Waals surface area contributed by atoms with Crippen molar-refractivity contribution in [2.45, 2.75) is 6.54 Å². The van der Waals surface area contributed by atoms with Gasteiger partial charge in [0.05, 0.1) is 19.9 Å². The van der Waals surface area contributed by atoms with Gasteiger partial charge in [-0.3, -0.25) is 0 Å². The van der Waals surface area contributed by atoms with Crippen molar-refractivity contribution >= 4 is 23.3 Å². The predicted molar refractivity (Wildman–Crippen MR) is 91.5 cm³/mol. The summed E-state index contributed by atoms with van der Waals surface area (Å²) in [6, 6.07) is 12.4. The van der Waals surface area contributed by atoms with Crippen molar-refractivity contribution in [1.29, 1.82) is 0 Å². The first-order chi connectivity index (χ1) is 11.0. The largest absolute Gasteiger partial charge is 0.497 e. The number of hydrogen-bond donors (Lipinski definition) is 1. The Morgan fingerprint density at radius 1 is 1.17 bits per heavy atom. The zero-order valence-corrected chi connectivity index (χ0v) is 14.1. The van der Waals surface area contributed by atoms with Crippen molar-refractivity contribution in [3.8, 4) is 11.5 Å². The number of rotatable bonds is 5. The van der Waals surface area contributed by atoms with Crippen LogP contribution in [-0.4, -0.2) is 32.2 Å². The Morgan fingerprint density at radius 3 is 2.61 bits per heavy atom. The van der Waals surface area contributed by atoms with E-state index in [0.717, 1.165) is 5.56 Å². The molecule has 0 bridgehead atoms. The van der Waals surface area contributed by atoms with E-state index in [0.29, 0.717) is 28.8 Å². The number of carbonyl (C=O) groups is 1. The van der Waals surface area contributed by atoms with Gasteiger partial charge in [0, 0.05) is 24.7 Å². The molecule has 0 atom stereocenters. The van der Waals surface area contributed by atoms with Crippen LogP contribution >= 0.6 is 11.6 Å². The van der Waals surface area contributed by atoms with Crippen molar-refractivity contribution in [2.24, 2.45) is 0 Å². The minimum absolute atomic E-state index is 0.253. The molecule has 0 saturated heterocycles. The molecular weight excluding hydrogens is 316 g/mol. The molecule has 0 unspecified atom stereocenters. The number of urea groups is 1. The second-order valence-corrected chi connectivity index (χ2v) is 5.42. The van der Waals surface area contributed by atoms with E-state index >= 15 is 0 Å². The summed E-state index contributed by atoms with van der Waals surface area (Å²) in [5.74, 6) is 1.20. The highest BCUT2D eigenvalue weighted by Crippen LogP contribution is 2.29. The molecule has 5 nitrogen and oxygen atoms in total. The second kappa shape index (κ2) is 7.74. The maximum atomic E-state index is 12.4. The minimum atomic E-state index is -0.253. The van der Waals surface area contributed by atoms with Crippen LogP contribution in [0.25, 0.3) is 0 Å². The van der Waals surface area contributed by atoms with Gasteiger partial charge in [-0.25, -0.2) is 4.79 Å². The smallest absolute Gasteiger partial charge is 0.321 e. The average Bonchev–Trinajstić information content (AvgIpc) is 2.54. The van der Waals surface area contributed by atoms with Gasteiger partial charge in [-0.1, -0.05) is 23.7 Å². The standard InChI is InChI=1S/C17H19ClN2O3/c1-20(11-12-5-4-6-13(18)9-12)17(21)19-15-10-14(22-2)7-8-16(15)23-3/h4-10H,11H2,1-3H3,(H,19,21). The number of anilines is 1. The van der Waals surface area contributed by atoms with Gasteiger partial charge in [0.2, 0.25) is 0 Å². The lowest BCUT2D eigenvalue weighted by Crippen LogP contribution is -2.31. The van der Waals surface area contributed by atoms with Crippen LogP contribution in [0, 0.1) is 0 Å². The molecule has 6 heteroatoms. The second-order valence-electron chi connectivity index (χ2n) is 4.98. The summed E-state index contributed by atoms with van der Waals surface area (Å²) in [6.45, 7) is 0.443. The number of carbonyl (C=O) groups excluding carboxylic acids is 1. The molecule has 0 spiro atoms. The molecule has 0 aliphatic carbocycles. The van der Waals surface area contributed by atoms with Crippen molar-refractivity contribution < 1.29 is 14.3 Å². The summed E-state index contributed by atoms with van der Waals surface area (Å²) in [6.07, 6.45) is 0. The first kappa shape index (κ1) is 17.0. The lowest BCUT2D eigenvalue weighted by Gasteiger charge is -2.19. The topological polar surface area (TPSA) is 50.8 Å². The van der Waals surface area contributed by atoms with E-state index in [1.807, 2.05) is 18.2 Å². The lowest BCUT2D eigenvalue weighted by molar-refractivity contribution is 0.220. The van der Waals surface area contributed by atoms with E-state index in [2.05, 4.69) is 5.32 Å². The third kappa shape index (κ3) is 4.53. The summed E-state index contributed by atoms with van der Waals surface area (Å²) in [5, 5.41) is 3.46. The van der Waals surface area contributed by atoms with Gasteiger partial charge in [-0.15, -0.1) is 0 Å². The molecule has 2 aromatic carbocycles. The molecular formula is C17H19ClN2O3. The zero-order valence-electron chi connectivity index (χ0n) is 13.3. The van der Waals surface area contributed by atoms with E-state index in [-0.39, 0.29) is 6.03 Å². The van der Waals surface area contributed by atoms with Gasteiger partial charge in [0.25, 0.3) is 0 Å². The van der Waals surface area contributed by atoms with Gasteiger partial charge in [-0.2, -0.15) is 0 Å². The maximum absolute atomic E-state index is 12.4. The number of amides is 2. The van der Waals surface area contributed by atoms with Crippen LogP contribution in [0.4, 0.5) is 10.5 Å². The molecule has 0 heterocycles. The van der Waals surface area contributed by atoms with Gasteiger partial charge < -0.3 is 19.7 Å². The molecule has 0 aromatic heterocycles. The Labute approximate surface area is 140 Å². The summed E-state index contributed by atoms with van der Waals surface area (Å²) in [5.41, 5.74) is 1.50. The van der Waals surface area contributed by atoms with Crippen molar-refractivity contribution in [2.75, 3.05) is 26.6 Å².